The van der Waals surface area contributed by atoms with Crippen molar-refractivity contribution >= 4 is 21.9 Å². The lowest BCUT2D eigenvalue weighted by molar-refractivity contribution is -0.167. The van der Waals surface area contributed by atoms with Gasteiger partial charge in [0.1, 0.15) is 6.10 Å². The van der Waals surface area contributed by atoms with Gasteiger partial charge in [-0.25, -0.2) is 0 Å². The number of hydrogen-bond acceptors (Lipinski definition) is 2. The number of benzene rings is 1. The summed E-state index contributed by atoms with van der Waals surface area (Å²) < 4.78 is 4.99. The fourth-order valence-corrected chi connectivity index (χ4v) is 1.82. The average Bonchev–Trinajstić information content (AvgIpc) is 2.15. The number of carbonyl (C=O) groups is 1. The Morgan fingerprint density at radius 1 is 1.31 bits per heavy atom. The summed E-state index contributed by atoms with van der Waals surface area (Å²) >= 11 is 3.27. The first kappa shape index (κ1) is 8.75. The van der Waals surface area contributed by atoms with E-state index >= 15 is 0 Å². The van der Waals surface area contributed by atoms with Crippen LogP contribution in [0.25, 0.3) is 0 Å². The first-order chi connectivity index (χ1) is 6.18. The molecular formula is C10H9BrO2. The van der Waals surface area contributed by atoms with E-state index in [1.54, 1.807) is 0 Å². The van der Waals surface area contributed by atoms with E-state index in [0.29, 0.717) is 0 Å². The van der Waals surface area contributed by atoms with Crippen LogP contribution in [0.1, 0.15) is 17.2 Å². The van der Waals surface area contributed by atoms with Crippen LogP contribution in [0.3, 0.4) is 0 Å². The molecule has 0 N–H and O–H groups in total. The molecule has 1 aromatic rings. The molecule has 0 spiro atoms. The Kier molecular flexibility index (Phi) is 2.12. The number of aryl methyl sites for hydroxylation is 1. The molecule has 0 aliphatic carbocycles. The first-order valence-corrected chi connectivity index (χ1v) is 5.01. The van der Waals surface area contributed by atoms with Gasteiger partial charge in [0.15, 0.2) is 4.83 Å². The van der Waals surface area contributed by atoms with Crippen molar-refractivity contribution in [2.24, 2.45) is 0 Å². The van der Waals surface area contributed by atoms with Crippen LogP contribution >= 0.6 is 15.9 Å². The summed E-state index contributed by atoms with van der Waals surface area (Å²) in [5.74, 6) is -0.175. The minimum atomic E-state index is -0.175. The highest BCUT2D eigenvalue weighted by molar-refractivity contribution is 9.10. The number of hydrogen-bond donors (Lipinski definition) is 0. The van der Waals surface area contributed by atoms with Crippen LogP contribution in [0.15, 0.2) is 24.3 Å². The van der Waals surface area contributed by atoms with Crippen molar-refractivity contribution < 1.29 is 9.53 Å². The SMILES string of the molecule is Cc1ccc(C2OC(=O)C2Br)cc1. The Hall–Kier alpha value is -0.830. The topological polar surface area (TPSA) is 26.3 Å². The molecule has 0 radical (unpaired) electrons. The molecule has 2 nitrogen and oxygen atoms in total. The number of alkyl halides is 1. The van der Waals surface area contributed by atoms with Crippen molar-refractivity contribution in [1.29, 1.82) is 0 Å². The zero-order valence-electron chi connectivity index (χ0n) is 7.16. The van der Waals surface area contributed by atoms with Crippen LogP contribution in [-0.2, 0) is 9.53 Å². The molecule has 13 heavy (non-hydrogen) atoms. The van der Waals surface area contributed by atoms with Gasteiger partial charge in [0.05, 0.1) is 0 Å². The van der Waals surface area contributed by atoms with E-state index in [9.17, 15) is 4.79 Å². The monoisotopic (exact) mass is 240 g/mol. The highest BCUT2D eigenvalue weighted by atomic mass is 79.9. The van der Waals surface area contributed by atoms with E-state index in [1.807, 2.05) is 31.2 Å². The second-order valence-corrected chi connectivity index (χ2v) is 4.16. The van der Waals surface area contributed by atoms with Crippen LogP contribution in [0.5, 0.6) is 0 Å². The third-order valence-electron chi connectivity index (χ3n) is 2.14. The molecule has 1 saturated heterocycles. The van der Waals surface area contributed by atoms with Gasteiger partial charge in [-0.1, -0.05) is 45.8 Å². The second kappa shape index (κ2) is 3.14. The Morgan fingerprint density at radius 2 is 1.92 bits per heavy atom. The van der Waals surface area contributed by atoms with Crippen molar-refractivity contribution in [1.82, 2.24) is 0 Å². The Labute approximate surface area is 85.0 Å². The maximum absolute atomic E-state index is 10.8. The largest absolute Gasteiger partial charge is 0.455 e. The van der Waals surface area contributed by atoms with Gasteiger partial charge >= 0.3 is 5.97 Å². The normalized spacial score (nSPS) is 26.5. The molecular weight excluding hydrogens is 232 g/mol. The van der Waals surface area contributed by atoms with Gasteiger partial charge in [-0.2, -0.15) is 0 Å². The number of ether oxygens (including phenoxy) is 1. The predicted molar refractivity (Wildman–Crippen MR) is 52.7 cm³/mol. The number of rotatable bonds is 1. The van der Waals surface area contributed by atoms with Crippen LogP contribution < -0.4 is 0 Å². The van der Waals surface area contributed by atoms with Gasteiger partial charge in [0.2, 0.25) is 0 Å². The second-order valence-electron chi connectivity index (χ2n) is 3.17. The summed E-state index contributed by atoms with van der Waals surface area (Å²) in [5, 5.41) is 0. The van der Waals surface area contributed by atoms with Gasteiger partial charge < -0.3 is 4.74 Å². The number of cyclic esters (lactones) is 1. The van der Waals surface area contributed by atoms with E-state index in [1.165, 1.54) is 5.56 Å². The fraction of sp³-hybridized carbons (Fsp3) is 0.300. The van der Waals surface area contributed by atoms with Crippen LogP contribution in [0.2, 0.25) is 0 Å². The van der Waals surface area contributed by atoms with Crippen molar-refractivity contribution in [3.05, 3.63) is 35.4 Å². The van der Waals surface area contributed by atoms with E-state index < -0.39 is 0 Å². The van der Waals surface area contributed by atoms with E-state index in [-0.39, 0.29) is 16.9 Å². The Bertz CT molecular complexity index is 331. The van der Waals surface area contributed by atoms with Crippen LogP contribution in [0, 0.1) is 6.92 Å². The number of halogens is 1. The standard InChI is InChI=1S/C10H9BrO2/c1-6-2-4-7(5-3-6)9-8(11)10(12)13-9/h2-5,8-9H,1H3. The maximum atomic E-state index is 10.8. The molecule has 3 heteroatoms. The van der Waals surface area contributed by atoms with Crippen LogP contribution in [0.4, 0.5) is 0 Å². The van der Waals surface area contributed by atoms with Crippen LogP contribution in [-0.4, -0.2) is 10.8 Å². The molecule has 0 saturated carbocycles. The molecule has 1 aliphatic rings. The maximum Gasteiger partial charge on any atom is 0.324 e. The van der Waals surface area contributed by atoms with Crippen molar-refractivity contribution in [3.63, 3.8) is 0 Å². The van der Waals surface area contributed by atoms with Gasteiger partial charge in [-0.05, 0) is 12.5 Å². The number of esters is 1. The van der Waals surface area contributed by atoms with E-state index in [0.717, 1.165) is 5.56 Å². The van der Waals surface area contributed by atoms with E-state index in [2.05, 4.69) is 15.9 Å². The molecule has 1 aromatic carbocycles. The lowest BCUT2D eigenvalue weighted by atomic mass is 10.0. The van der Waals surface area contributed by atoms with E-state index in [4.69, 9.17) is 4.74 Å². The molecule has 2 rings (SSSR count). The van der Waals surface area contributed by atoms with Gasteiger partial charge in [0.25, 0.3) is 0 Å². The third kappa shape index (κ3) is 1.48. The first-order valence-electron chi connectivity index (χ1n) is 4.09. The summed E-state index contributed by atoms with van der Waals surface area (Å²) in [6.45, 7) is 2.03. The average molecular weight is 241 g/mol. The predicted octanol–water partition coefficient (Wildman–Crippen LogP) is 2.36. The molecule has 68 valence electrons. The highest BCUT2D eigenvalue weighted by Gasteiger charge is 2.41. The molecule has 1 fully saturated rings. The Balaban J connectivity index is 2.18. The Morgan fingerprint density at radius 3 is 2.38 bits per heavy atom. The highest BCUT2D eigenvalue weighted by Crippen LogP contribution is 2.36. The molecule has 0 amide bonds. The number of carbonyl (C=O) groups excluding carboxylic acids is 1. The lowest BCUT2D eigenvalue weighted by Gasteiger charge is -2.31. The van der Waals surface area contributed by atoms with Crippen molar-refractivity contribution in [2.45, 2.75) is 17.9 Å². The van der Waals surface area contributed by atoms with Gasteiger partial charge in [-0.15, -0.1) is 0 Å². The molecule has 1 aliphatic heterocycles. The molecule has 2 unspecified atom stereocenters. The molecule has 1 heterocycles. The van der Waals surface area contributed by atoms with Crippen molar-refractivity contribution in [2.75, 3.05) is 0 Å². The summed E-state index contributed by atoms with van der Waals surface area (Å²) in [7, 11) is 0. The summed E-state index contributed by atoms with van der Waals surface area (Å²) in [5.41, 5.74) is 2.26. The zero-order chi connectivity index (χ0) is 9.42. The summed E-state index contributed by atoms with van der Waals surface area (Å²) in [6, 6.07) is 8.00. The van der Waals surface area contributed by atoms with Gasteiger partial charge in [-0.3, -0.25) is 4.79 Å². The smallest absolute Gasteiger partial charge is 0.324 e. The summed E-state index contributed by atoms with van der Waals surface area (Å²) in [4.78, 5) is 10.6. The quantitative estimate of drug-likeness (QED) is 0.557. The van der Waals surface area contributed by atoms with Gasteiger partial charge in [0, 0.05) is 0 Å². The minimum Gasteiger partial charge on any atom is -0.455 e. The fourth-order valence-electron chi connectivity index (χ4n) is 1.29. The minimum absolute atomic E-state index is 0.104. The molecule has 0 aromatic heterocycles. The lowest BCUT2D eigenvalue weighted by Crippen LogP contribution is -2.38. The third-order valence-corrected chi connectivity index (χ3v) is 2.99. The zero-order valence-corrected chi connectivity index (χ0v) is 8.74. The summed E-state index contributed by atoms with van der Waals surface area (Å²) in [6.07, 6.45) is -0.104. The van der Waals surface area contributed by atoms with Crippen molar-refractivity contribution in [3.8, 4) is 0 Å². The molecule has 2 atom stereocenters. The molecule has 0 bridgehead atoms.